The van der Waals surface area contributed by atoms with Gasteiger partial charge in [0.05, 0.1) is 11.3 Å². The number of nitrogens with zero attached hydrogens (tertiary/aromatic N) is 4. The van der Waals surface area contributed by atoms with Crippen molar-refractivity contribution in [2.75, 3.05) is 23.8 Å². The number of rotatable bonds is 6. The van der Waals surface area contributed by atoms with Crippen molar-refractivity contribution in [3.8, 4) is 6.07 Å². The smallest absolute Gasteiger partial charge is 0.135 e. The molecule has 21 heavy (non-hydrogen) atoms. The van der Waals surface area contributed by atoms with Gasteiger partial charge in [0.15, 0.2) is 0 Å². The van der Waals surface area contributed by atoms with Crippen LogP contribution < -0.4 is 10.2 Å². The molecule has 2 rings (SSSR count). The van der Waals surface area contributed by atoms with Crippen molar-refractivity contribution in [3.05, 3.63) is 42.2 Å². The Morgan fingerprint density at radius 2 is 2.10 bits per heavy atom. The zero-order valence-electron chi connectivity index (χ0n) is 12.4. The van der Waals surface area contributed by atoms with E-state index in [0.29, 0.717) is 11.4 Å². The molecule has 0 radical (unpaired) electrons. The molecule has 0 unspecified atom stereocenters. The Morgan fingerprint density at radius 3 is 2.86 bits per heavy atom. The van der Waals surface area contributed by atoms with Crippen LogP contribution in [0.2, 0.25) is 0 Å². The molecule has 5 nitrogen and oxygen atoms in total. The molecule has 1 aromatic heterocycles. The lowest BCUT2D eigenvalue weighted by molar-refractivity contribution is 0.758. The summed E-state index contributed by atoms with van der Waals surface area (Å²) < 4.78 is 0. The van der Waals surface area contributed by atoms with Crippen LogP contribution in [0.3, 0.4) is 0 Å². The molecule has 0 atom stereocenters. The minimum atomic E-state index is 0.594. The predicted octanol–water partition coefficient (Wildman–Crippen LogP) is 3.33. The topological polar surface area (TPSA) is 64.8 Å². The number of unbranched alkanes of at least 4 members (excludes halogenated alkanes) is 1. The van der Waals surface area contributed by atoms with Gasteiger partial charge in [-0.15, -0.1) is 0 Å². The Labute approximate surface area is 125 Å². The van der Waals surface area contributed by atoms with Gasteiger partial charge in [-0.05, 0) is 18.6 Å². The summed E-state index contributed by atoms with van der Waals surface area (Å²) in [5.74, 6) is 1.56. The zero-order valence-corrected chi connectivity index (χ0v) is 12.4. The molecule has 0 aliphatic carbocycles. The molecule has 108 valence electrons. The van der Waals surface area contributed by atoms with Crippen molar-refractivity contribution in [2.45, 2.75) is 19.8 Å². The summed E-state index contributed by atoms with van der Waals surface area (Å²) in [6, 6.07) is 11.4. The zero-order chi connectivity index (χ0) is 15.1. The van der Waals surface area contributed by atoms with Gasteiger partial charge < -0.3 is 10.2 Å². The molecule has 0 fully saturated rings. The number of anilines is 3. The first-order chi connectivity index (χ1) is 10.2. The highest BCUT2D eigenvalue weighted by molar-refractivity contribution is 5.65. The van der Waals surface area contributed by atoms with E-state index >= 15 is 0 Å². The number of hydrogen-bond donors (Lipinski definition) is 1. The quantitative estimate of drug-likeness (QED) is 0.879. The molecule has 1 heterocycles. The number of nitrogens with one attached hydrogen (secondary N) is 1. The van der Waals surface area contributed by atoms with Crippen molar-refractivity contribution >= 4 is 17.3 Å². The second kappa shape index (κ2) is 7.25. The van der Waals surface area contributed by atoms with Crippen LogP contribution in [0.4, 0.5) is 17.3 Å². The number of para-hydroxylation sites is 1. The van der Waals surface area contributed by atoms with Crippen LogP contribution in [0.1, 0.15) is 25.3 Å². The maximum atomic E-state index is 9.11. The number of aromatic nitrogens is 2. The molecule has 0 spiro atoms. The lowest BCUT2D eigenvalue weighted by Crippen LogP contribution is -2.19. The van der Waals surface area contributed by atoms with Gasteiger partial charge in [-0.25, -0.2) is 9.97 Å². The van der Waals surface area contributed by atoms with E-state index < -0.39 is 0 Å². The van der Waals surface area contributed by atoms with E-state index in [-0.39, 0.29) is 0 Å². The highest BCUT2D eigenvalue weighted by Crippen LogP contribution is 2.20. The van der Waals surface area contributed by atoms with Gasteiger partial charge in [0.1, 0.15) is 24.0 Å². The van der Waals surface area contributed by atoms with Crippen LogP contribution in [0.25, 0.3) is 0 Å². The Balaban J connectivity index is 2.16. The lowest BCUT2D eigenvalue weighted by Gasteiger charge is -2.18. The molecule has 0 aliphatic heterocycles. The second-order valence-corrected chi connectivity index (χ2v) is 4.82. The molecule has 0 saturated carbocycles. The van der Waals surface area contributed by atoms with E-state index in [0.717, 1.165) is 30.9 Å². The van der Waals surface area contributed by atoms with Crippen molar-refractivity contribution in [1.29, 1.82) is 5.26 Å². The monoisotopic (exact) mass is 281 g/mol. The third kappa shape index (κ3) is 3.93. The summed E-state index contributed by atoms with van der Waals surface area (Å²) in [6.45, 7) is 3.13. The largest absolute Gasteiger partial charge is 0.360 e. The Kier molecular flexibility index (Phi) is 5.10. The molecule has 5 heteroatoms. The van der Waals surface area contributed by atoms with Crippen LogP contribution in [0, 0.1) is 11.3 Å². The van der Waals surface area contributed by atoms with Crippen LogP contribution >= 0.6 is 0 Å². The summed E-state index contributed by atoms with van der Waals surface area (Å²) >= 11 is 0. The summed E-state index contributed by atoms with van der Waals surface area (Å²) in [4.78, 5) is 10.6. The van der Waals surface area contributed by atoms with E-state index in [1.54, 1.807) is 6.07 Å². The summed E-state index contributed by atoms with van der Waals surface area (Å²) in [5, 5.41) is 12.3. The molecule has 1 aromatic carbocycles. The maximum Gasteiger partial charge on any atom is 0.135 e. The molecular formula is C16H19N5. The molecule has 1 N–H and O–H groups in total. The van der Waals surface area contributed by atoms with Gasteiger partial charge in [0.25, 0.3) is 0 Å². The van der Waals surface area contributed by atoms with Gasteiger partial charge in [0.2, 0.25) is 0 Å². The van der Waals surface area contributed by atoms with E-state index in [1.807, 2.05) is 31.3 Å². The average Bonchev–Trinajstić information content (AvgIpc) is 2.53. The van der Waals surface area contributed by atoms with Gasteiger partial charge in [-0.1, -0.05) is 25.5 Å². The minimum absolute atomic E-state index is 0.594. The van der Waals surface area contributed by atoms with Crippen LogP contribution in [-0.2, 0) is 0 Å². The number of nitriles is 1. The highest BCUT2D eigenvalue weighted by atomic mass is 15.2. The van der Waals surface area contributed by atoms with E-state index in [4.69, 9.17) is 5.26 Å². The molecular weight excluding hydrogens is 262 g/mol. The number of benzene rings is 1. The van der Waals surface area contributed by atoms with Crippen LogP contribution in [0.15, 0.2) is 36.7 Å². The van der Waals surface area contributed by atoms with Crippen molar-refractivity contribution in [3.63, 3.8) is 0 Å². The predicted molar refractivity (Wildman–Crippen MR) is 84.6 cm³/mol. The normalized spacial score (nSPS) is 9.95. The second-order valence-electron chi connectivity index (χ2n) is 4.82. The van der Waals surface area contributed by atoms with Crippen molar-refractivity contribution < 1.29 is 0 Å². The Morgan fingerprint density at radius 1 is 1.29 bits per heavy atom. The molecule has 2 aromatic rings. The first-order valence-corrected chi connectivity index (χ1v) is 7.04. The third-order valence-electron chi connectivity index (χ3n) is 3.20. The summed E-state index contributed by atoms with van der Waals surface area (Å²) in [6.07, 6.45) is 3.81. The summed E-state index contributed by atoms with van der Waals surface area (Å²) in [7, 11) is 2.02. The van der Waals surface area contributed by atoms with E-state index in [1.165, 1.54) is 6.33 Å². The van der Waals surface area contributed by atoms with E-state index in [2.05, 4.69) is 33.2 Å². The lowest BCUT2D eigenvalue weighted by atomic mass is 10.2. The standard InChI is InChI=1S/C16H19N5/c1-3-4-9-21(2)16-10-15(18-12-19-16)20-14-8-6-5-7-13(14)11-17/h5-8,10,12H,3-4,9H2,1-2H3,(H,18,19,20). The van der Waals surface area contributed by atoms with Crippen molar-refractivity contribution in [2.24, 2.45) is 0 Å². The van der Waals surface area contributed by atoms with E-state index in [9.17, 15) is 0 Å². The molecule has 0 saturated heterocycles. The Hall–Kier alpha value is -2.61. The highest BCUT2D eigenvalue weighted by Gasteiger charge is 2.06. The van der Waals surface area contributed by atoms with Crippen LogP contribution in [0.5, 0.6) is 0 Å². The fourth-order valence-electron chi connectivity index (χ4n) is 1.96. The average molecular weight is 281 g/mol. The van der Waals surface area contributed by atoms with Crippen molar-refractivity contribution in [1.82, 2.24) is 9.97 Å². The third-order valence-corrected chi connectivity index (χ3v) is 3.20. The molecule has 0 amide bonds. The number of hydrogen-bond acceptors (Lipinski definition) is 5. The van der Waals surface area contributed by atoms with Gasteiger partial charge >= 0.3 is 0 Å². The maximum absolute atomic E-state index is 9.11. The summed E-state index contributed by atoms with van der Waals surface area (Å²) in [5.41, 5.74) is 1.35. The Bertz CT molecular complexity index is 633. The van der Waals surface area contributed by atoms with Gasteiger partial charge in [0, 0.05) is 19.7 Å². The first-order valence-electron chi connectivity index (χ1n) is 7.04. The fourth-order valence-corrected chi connectivity index (χ4v) is 1.96. The minimum Gasteiger partial charge on any atom is -0.360 e. The molecule has 0 aliphatic rings. The van der Waals surface area contributed by atoms with Crippen LogP contribution in [-0.4, -0.2) is 23.6 Å². The van der Waals surface area contributed by atoms with Gasteiger partial charge in [-0.2, -0.15) is 5.26 Å². The SMILES string of the molecule is CCCCN(C)c1cc(Nc2ccccc2C#N)ncn1. The van der Waals surface area contributed by atoms with Gasteiger partial charge in [-0.3, -0.25) is 0 Å². The first kappa shape index (κ1) is 14.8. The molecule has 0 bridgehead atoms. The fraction of sp³-hybridized carbons (Fsp3) is 0.312.